The highest BCUT2D eigenvalue weighted by Gasteiger charge is 2.14. The summed E-state index contributed by atoms with van der Waals surface area (Å²) in [5.41, 5.74) is 1.67. The van der Waals surface area contributed by atoms with Crippen LogP contribution in [0.3, 0.4) is 0 Å². The van der Waals surface area contributed by atoms with Crippen LogP contribution in [-0.2, 0) is 11.8 Å². The smallest absolute Gasteiger partial charge is 0.294 e. The maximum atomic E-state index is 12.7. The lowest BCUT2D eigenvalue weighted by Crippen LogP contribution is -2.27. The number of ether oxygens (including phenoxy) is 2. The molecule has 3 aromatic rings. The number of nitrogens with zero attached hydrogens (tertiary/aromatic N) is 2. The summed E-state index contributed by atoms with van der Waals surface area (Å²) in [5, 5.41) is 10.5. The number of anilines is 2. The zero-order valence-corrected chi connectivity index (χ0v) is 18.2. The highest BCUT2D eigenvalue weighted by molar-refractivity contribution is 6.31. The Kier molecular flexibility index (Phi) is 7.28. The summed E-state index contributed by atoms with van der Waals surface area (Å²) < 4.78 is 12.0. The minimum atomic E-state index is -0.377. The van der Waals surface area contributed by atoms with Crippen molar-refractivity contribution in [3.8, 4) is 11.5 Å². The molecule has 2 N–H and O–H groups in total. The van der Waals surface area contributed by atoms with Gasteiger partial charge in [0, 0.05) is 37.0 Å². The van der Waals surface area contributed by atoms with E-state index in [2.05, 4.69) is 15.7 Å². The number of carbonyl (C=O) groups excluding carboxylic acids is 1. The Labute approximate surface area is 184 Å². The Morgan fingerprint density at radius 3 is 2.77 bits per heavy atom. The van der Waals surface area contributed by atoms with Crippen molar-refractivity contribution >= 4 is 28.9 Å². The van der Waals surface area contributed by atoms with Crippen molar-refractivity contribution < 1.29 is 14.3 Å². The SMILES string of the molecule is COCCNC(=O)c1cccc(Nc2c(Oc3ccc(Cl)c(C)c3)cnn(C)c2=O)c1. The van der Waals surface area contributed by atoms with Crippen LogP contribution in [0.4, 0.5) is 11.4 Å². The van der Waals surface area contributed by atoms with Crippen molar-refractivity contribution in [2.75, 3.05) is 25.6 Å². The van der Waals surface area contributed by atoms with Gasteiger partial charge in [-0.2, -0.15) is 5.10 Å². The minimum Gasteiger partial charge on any atom is -0.453 e. The fraction of sp³-hybridized carbons (Fsp3) is 0.227. The second-order valence-electron chi connectivity index (χ2n) is 6.78. The number of aryl methyl sites for hydroxylation is 2. The number of nitrogens with one attached hydrogen (secondary N) is 2. The van der Waals surface area contributed by atoms with Crippen molar-refractivity contribution in [2.24, 2.45) is 7.05 Å². The molecule has 1 heterocycles. The van der Waals surface area contributed by atoms with Gasteiger partial charge in [-0.25, -0.2) is 4.68 Å². The predicted molar refractivity (Wildman–Crippen MR) is 120 cm³/mol. The Hall–Kier alpha value is -3.36. The van der Waals surface area contributed by atoms with Crippen molar-refractivity contribution in [3.05, 3.63) is 75.2 Å². The summed E-state index contributed by atoms with van der Waals surface area (Å²) in [6, 6.07) is 12.0. The third-order valence-electron chi connectivity index (χ3n) is 4.45. The first-order valence-electron chi connectivity index (χ1n) is 9.53. The van der Waals surface area contributed by atoms with Gasteiger partial charge in [0.25, 0.3) is 11.5 Å². The van der Waals surface area contributed by atoms with E-state index in [1.165, 1.54) is 10.9 Å². The van der Waals surface area contributed by atoms with Crippen LogP contribution in [0.2, 0.25) is 5.02 Å². The lowest BCUT2D eigenvalue weighted by atomic mass is 10.2. The first-order chi connectivity index (χ1) is 14.9. The molecule has 0 aliphatic heterocycles. The normalized spacial score (nSPS) is 10.6. The molecule has 0 saturated carbocycles. The molecular formula is C22H23ClN4O4. The third kappa shape index (κ3) is 5.62. The number of halogens is 1. The zero-order valence-electron chi connectivity index (χ0n) is 17.4. The van der Waals surface area contributed by atoms with E-state index in [1.54, 1.807) is 56.6 Å². The number of hydrogen-bond acceptors (Lipinski definition) is 6. The average Bonchev–Trinajstić information content (AvgIpc) is 2.76. The number of hydrogen-bond donors (Lipinski definition) is 2. The highest BCUT2D eigenvalue weighted by Crippen LogP contribution is 2.30. The molecule has 0 radical (unpaired) electrons. The number of carbonyl (C=O) groups is 1. The number of amides is 1. The van der Waals surface area contributed by atoms with Gasteiger partial charge in [-0.05, 0) is 48.9 Å². The van der Waals surface area contributed by atoms with Gasteiger partial charge in [0.2, 0.25) is 0 Å². The number of benzene rings is 2. The summed E-state index contributed by atoms with van der Waals surface area (Å²) in [4.78, 5) is 25.0. The first kappa shape index (κ1) is 22.3. The van der Waals surface area contributed by atoms with E-state index >= 15 is 0 Å². The maximum absolute atomic E-state index is 12.7. The molecule has 0 spiro atoms. The van der Waals surface area contributed by atoms with Crippen molar-refractivity contribution in [2.45, 2.75) is 6.92 Å². The number of rotatable bonds is 8. The van der Waals surface area contributed by atoms with Gasteiger partial charge in [0.15, 0.2) is 11.4 Å². The van der Waals surface area contributed by atoms with E-state index in [4.69, 9.17) is 21.1 Å². The molecule has 9 heteroatoms. The maximum Gasteiger partial charge on any atom is 0.294 e. The molecule has 31 heavy (non-hydrogen) atoms. The van der Waals surface area contributed by atoms with Gasteiger partial charge in [-0.3, -0.25) is 9.59 Å². The lowest BCUT2D eigenvalue weighted by molar-refractivity contribution is 0.0937. The van der Waals surface area contributed by atoms with Crippen LogP contribution in [0.25, 0.3) is 0 Å². The molecule has 0 saturated heterocycles. The molecule has 1 amide bonds. The Balaban J connectivity index is 1.88. The van der Waals surface area contributed by atoms with Crippen molar-refractivity contribution in [1.82, 2.24) is 15.1 Å². The van der Waals surface area contributed by atoms with Gasteiger partial charge in [-0.1, -0.05) is 17.7 Å². The average molecular weight is 443 g/mol. The fourth-order valence-corrected chi connectivity index (χ4v) is 2.89. The largest absolute Gasteiger partial charge is 0.453 e. The molecule has 0 atom stereocenters. The summed E-state index contributed by atoms with van der Waals surface area (Å²) in [6.45, 7) is 2.68. The molecule has 162 valence electrons. The van der Waals surface area contributed by atoms with Crippen molar-refractivity contribution in [1.29, 1.82) is 0 Å². The molecule has 0 unspecified atom stereocenters. The summed E-state index contributed by atoms with van der Waals surface area (Å²) in [7, 11) is 3.11. The molecule has 0 bridgehead atoms. The molecule has 0 fully saturated rings. The molecule has 2 aromatic carbocycles. The quantitative estimate of drug-likeness (QED) is 0.517. The molecule has 0 aliphatic carbocycles. The fourth-order valence-electron chi connectivity index (χ4n) is 2.77. The van der Waals surface area contributed by atoms with E-state index in [0.717, 1.165) is 5.56 Å². The summed E-state index contributed by atoms with van der Waals surface area (Å²) >= 11 is 6.08. The van der Waals surface area contributed by atoms with Gasteiger partial charge in [-0.15, -0.1) is 0 Å². The summed E-state index contributed by atoms with van der Waals surface area (Å²) in [6.07, 6.45) is 1.45. The van der Waals surface area contributed by atoms with Crippen LogP contribution in [0.15, 0.2) is 53.5 Å². The van der Waals surface area contributed by atoms with E-state index in [0.29, 0.717) is 35.2 Å². The highest BCUT2D eigenvalue weighted by atomic mass is 35.5. The van der Waals surface area contributed by atoms with E-state index in [-0.39, 0.29) is 22.9 Å². The predicted octanol–water partition coefficient (Wildman–Crippen LogP) is 3.65. The Bertz CT molecular complexity index is 1150. The van der Waals surface area contributed by atoms with Gasteiger partial charge in [0.05, 0.1) is 12.8 Å². The van der Waals surface area contributed by atoms with Crippen LogP contribution in [0, 0.1) is 6.92 Å². The number of methoxy groups -OCH3 is 1. The topological polar surface area (TPSA) is 94.5 Å². The third-order valence-corrected chi connectivity index (χ3v) is 4.87. The second kappa shape index (κ2) is 10.1. The van der Waals surface area contributed by atoms with Crippen LogP contribution in [0.1, 0.15) is 15.9 Å². The molecular weight excluding hydrogens is 420 g/mol. The lowest BCUT2D eigenvalue weighted by Gasteiger charge is -2.14. The number of aromatic nitrogens is 2. The molecule has 1 aromatic heterocycles. The molecule has 0 aliphatic rings. The van der Waals surface area contributed by atoms with Crippen LogP contribution < -0.4 is 20.9 Å². The monoisotopic (exact) mass is 442 g/mol. The van der Waals surface area contributed by atoms with Crippen LogP contribution in [0.5, 0.6) is 11.5 Å². The Morgan fingerprint density at radius 1 is 1.23 bits per heavy atom. The standard InChI is InChI=1S/C22H23ClN4O4/c1-14-11-17(7-8-18(14)23)31-19-13-25-27(2)22(29)20(19)26-16-6-4-5-15(12-16)21(28)24-9-10-30-3/h4-8,11-13,26H,9-10H2,1-3H3,(H,24,28). The van der Waals surface area contributed by atoms with Gasteiger partial charge < -0.3 is 20.1 Å². The van der Waals surface area contributed by atoms with Crippen molar-refractivity contribution in [3.63, 3.8) is 0 Å². The van der Waals surface area contributed by atoms with Gasteiger partial charge >= 0.3 is 0 Å². The Morgan fingerprint density at radius 2 is 2.03 bits per heavy atom. The van der Waals surface area contributed by atoms with E-state index < -0.39 is 0 Å². The zero-order chi connectivity index (χ0) is 22.4. The van der Waals surface area contributed by atoms with E-state index in [9.17, 15) is 9.59 Å². The van der Waals surface area contributed by atoms with Gasteiger partial charge in [0.1, 0.15) is 5.75 Å². The van der Waals surface area contributed by atoms with Crippen LogP contribution >= 0.6 is 11.6 Å². The van der Waals surface area contributed by atoms with E-state index in [1.807, 2.05) is 6.92 Å². The first-order valence-corrected chi connectivity index (χ1v) is 9.91. The summed E-state index contributed by atoms with van der Waals surface area (Å²) in [5.74, 6) is 0.530. The second-order valence-corrected chi connectivity index (χ2v) is 7.19. The molecule has 3 rings (SSSR count). The minimum absolute atomic E-state index is 0.196. The molecule has 8 nitrogen and oxygen atoms in total. The van der Waals surface area contributed by atoms with Crippen LogP contribution in [-0.4, -0.2) is 35.9 Å².